The molecule has 0 heterocycles. The Morgan fingerprint density at radius 3 is 2.02 bits per heavy atom. The van der Waals surface area contributed by atoms with E-state index in [1.165, 1.54) is 11.3 Å². The van der Waals surface area contributed by atoms with E-state index in [4.69, 9.17) is 0 Å². The van der Waals surface area contributed by atoms with Crippen LogP contribution in [-0.4, -0.2) is 43.8 Å². The zero-order chi connectivity index (χ0) is 29.6. The Labute approximate surface area is 252 Å². The van der Waals surface area contributed by atoms with Crippen molar-refractivity contribution in [1.82, 2.24) is 10.2 Å². The maximum atomic E-state index is 14.1. The lowest BCUT2D eigenvalue weighted by Crippen LogP contribution is -2.53. The van der Waals surface area contributed by atoms with Gasteiger partial charge in [-0.3, -0.25) is 13.9 Å². The van der Waals surface area contributed by atoms with Crippen LogP contribution in [0.3, 0.4) is 0 Å². The molecule has 0 bridgehead atoms. The van der Waals surface area contributed by atoms with Crippen molar-refractivity contribution in [2.24, 2.45) is 0 Å². The van der Waals surface area contributed by atoms with Gasteiger partial charge in [0.2, 0.25) is 11.8 Å². The molecule has 218 valence electrons. The van der Waals surface area contributed by atoms with Gasteiger partial charge in [-0.2, -0.15) is 0 Å². The van der Waals surface area contributed by atoms with Crippen molar-refractivity contribution in [2.75, 3.05) is 10.8 Å². The van der Waals surface area contributed by atoms with Crippen LogP contribution in [0.2, 0.25) is 0 Å². The van der Waals surface area contributed by atoms with Crippen LogP contribution in [0.15, 0.2) is 82.2 Å². The standard InChI is InChI=1S/C32H38BrN3O4S/c1-23-9-13-26(14-10-23)21-35(25(3)32(38)34-28-7-5-4-6-8-28)31(37)22-36(29-17-15-27(33)16-18-29)41(39,40)30-19-11-24(2)12-20-30/h9-20,25,28H,4-8,21-22H2,1-3H3,(H,34,38)/t25-/m0/s1. The number of aryl methyl sites for hydroxylation is 2. The van der Waals surface area contributed by atoms with Gasteiger partial charge in [0.1, 0.15) is 12.6 Å². The lowest BCUT2D eigenvalue weighted by atomic mass is 9.95. The molecule has 0 unspecified atom stereocenters. The summed E-state index contributed by atoms with van der Waals surface area (Å²) in [6.07, 6.45) is 5.17. The molecule has 1 N–H and O–H groups in total. The minimum Gasteiger partial charge on any atom is -0.352 e. The van der Waals surface area contributed by atoms with E-state index in [1.54, 1.807) is 55.5 Å². The van der Waals surface area contributed by atoms with Crippen molar-refractivity contribution in [3.8, 4) is 0 Å². The number of amides is 2. The van der Waals surface area contributed by atoms with Crippen molar-refractivity contribution >= 4 is 43.5 Å². The Balaban J connectivity index is 1.66. The summed E-state index contributed by atoms with van der Waals surface area (Å²) >= 11 is 3.40. The quantitative estimate of drug-likeness (QED) is 0.289. The molecule has 9 heteroatoms. The van der Waals surface area contributed by atoms with Gasteiger partial charge in [0.05, 0.1) is 10.6 Å². The Bertz CT molecular complexity index is 1440. The van der Waals surface area contributed by atoms with E-state index in [0.717, 1.165) is 51.2 Å². The highest BCUT2D eigenvalue weighted by Crippen LogP contribution is 2.26. The summed E-state index contributed by atoms with van der Waals surface area (Å²) in [6, 6.07) is 20.4. The predicted octanol–water partition coefficient (Wildman–Crippen LogP) is 6.13. The van der Waals surface area contributed by atoms with Gasteiger partial charge < -0.3 is 10.2 Å². The molecule has 3 aromatic carbocycles. The highest BCUT2D eigenvalue weighted by Gasteiger charge is 2.33. The third-order valence-electron chi connectivity index (χ3n) is 7.59. The zero-order valence-electron chi connectivity index (χ0n) is 23.8. The molecule has 41 heavy (non-hydrogen) atoms. The summed E-state index contributed by atoms with van der Waals surface area (Å²) in [5, 5.41) is 3.13. The topological polar surface area (TPSA) is 86.8 Å². The maximum absolute atomic E-state index is 14.1. The summed E-state index contributed by atoms with van der Waals surface area (Å²) in [7, 11) is -4.09. The van der Waals surface area contributed by atoms with Gasteiger partial charge in [0, 0.05) is 17.1 Å². The van der Waals surface area contributed by atoms with Gasteiger partial charge in [0.25, 0.3) is 10.0 Å². The molecular formula is C32H38BrN3O4S. The Kier molecular flexibility index (Phi) is 10.3. The normalized spacial score (nSPS) is 14.7. The van der Waals surface area contributed by atoms with E-state index in [1.807, 2.05) is 38.1 Å². The number of nitrogens with zero attached hydrogens (tertiary/aromatic N) is 2. The minimum absolute atomic E-state index is 0.0898. The van der Waals surface area contributed by atoms with Gasteiger partial charge in [-0.15, -0.1) is 0 Å². The number of nitrogens with one attached hydrogen (secondary N) is 1. The highest BCUT2D eigenvalue weighted by molar-refractivity contribution is 9.10. The number of sulfonamides is 1. The molecule has 7 nitrogen and oxygen atoms in total. The zero-order valence-corrected chi connectivity index (χ0v) is 26.2. The van der Waals surface area contributed by atoms with Crippen LogP contribution < -0.4 is 9.62 Å². The second-order valence-electron chi connectivity index (χ2n) is 10.8. The Hall–Kier alpha value is -3.17. The van der Waals surface area contributed by atoms with Crippen molar-refractivity contribution in [3.05, 3.63) is 94.0 Å². The van der Waals surface area contributed by atoms with E-state index < -0.39 is 28.5 Å². The second-order valence-corrected chi connectivity index (χ2v) is 13.6. The van der Waals surface area contributed by atoms with Crippen LogP contribution >= 0.6 is 15.9 Å². The summed E-state index contributed by atoms with van der Waals surface area (Å²) in [5.41, 5.74) is 3.23. The molecule has 0 radical (unpaired) electrons. The molecule has 1 atom stereocenters. The molecule has 3 aromatic rings. The molecule has 4 rings (SSSR count). The van der Waals surface area contributed by atoms with Crippen LogP contribution in [0.1, 0.15) is 55.7 Å². The van der Waals surface area contributed by atoms with Gasteiger partial charge in [0.15, 0.2) is 0 Å². The van der Waals surface area contributed by atoms with E-state index >= 15 is 0 Å². The van der Waals surface area contributed by atoms with Crippen molar-refractivity contribution in [2.45, 2.75) is 76.4 Å². The SMILES string of the molecule is Cc1ccc(CN(C(=O)CN(c2ccc(Br)cc2)S(=O)(=O)c2ccc(C)cc2)[C@@H](C)C(=O)NC2CCCCC2)cc1. The fraction of sp³-hybridized carbons (Fsp3) is 0.375. The van der Waals surface area contributed by atoms with Crippen molar-refractivity contribution in [1.29, 1.82) is 0 Å². The van der Waals surface area contributed by atoms with E-state index in [9.17, 15) is 18.0 Å². The highest BCUT2D eigenvalue weighted by atomic mass is 79.9. The molecule has 0 aromatic heterocycles. The third kappa shape index (κ3) is 7.98. The summed E-state index contributed by atoms with van der Waals surface area (Å²) in [6.45, 7) is 5.30. The number of anilines is 1. The molecule has 1 aliphatic carbocycles. The van der Waals surface area contributed by atoms with Gasteiger partial charge in [-0.1, -0.05) is 82.7 Å². The van der Waals surface area contributed by atoms with E-state index in [-0.39, 0.29) is 23.4 Å². The lowest BCUT2D eigenvalue weighted by Gasteiger charge is -2.33. The Morgan fingerprint density at radius 2 is 1.44 bits per heavy atom. The number of benzene rings is 3. The van der Waals surface area contributed by atoms with Gasteiger partial charge in [-0.25, -0.2) is 8.42 Å². The fourth-order valence-corrected chi connectivity index (χ4v) is 6.69. The average molecular weight is 641 g/mol. The van der Waals surface area contributed by atoms with Crippen LogP contribution in [0.4, 0.5) is 5.69 Å². The van der Waals surface area contributed by atoms with Crippen LogP contribution in [0.5, 0.6) is 0 Å². The molecule has 0 spiro atoms. The second kappa shape index (κ2) is 13.7. The third-order valence-corrected chi connectivity index (χ3v) is 9.91. The van der Waals surface area contributed by atoms with Gasteiger partial charge in [-0.05, 0) is 75.6 Å². The number of halogens is 1. The predicted molar refractivity (Wildman–Crippen MR) is 166 cm³/mol. The van der Waals surface area contributed by atoms with Crippen LogP contribution in [0.25, 0.3) is 0 Å². The molecule has 2 amide bonds. The monoisotopic (exact) mass is 639 g/mol. The number of hydrogen-bond acceptors (Lipinski definition) is 4. The average Bonchev–Trinajstić information content (AvgIpc) is 2.96. The molecule has 1 fully saturated rings. The molecule has 0 aliphatic heterocycles. The first-order valence-corrected chi connectivity index (χ1v) is 16.3. The first-order valence-electron chi connectivity index (χ1n) is 14.0. The smallest absolute Gasteiger partial charge is 0.264 e. The summed E-state index contributed by atoms with van der Waals surface area (Å²) < 4.78 is 29.7. The minimum atomic E-state index is -4.09. The van der Waals surface area contributed by atoms with Crippen molar-refractivity contribution < 1.29 is 18.0 Å². The number of carbonyl (C=O) groups is 2. The van der Waals surface area contributed by atoms with Crippen LogP contribution in [0, 0.1) is 13.8 Å². The molecular weight excluding hydrogens is 602 g/mol. The van der Waals surface area contributed by atoms with E-state index in [0.29, 0.717) is 5.69 Å². The van der Waals surface area contributed by atoms with Gasteiger partial charge >= 0.3 is 0 Å². The maximum Gasteiger partial charge on any atom is 0.264 e. The van der Waals surface area contributed by atoms with E-state index in [2.05, 4.69) is 21.2 Å². The Morgan fingerprint density at radius 1 is 0.878 bits per heavy atom. The molecule has 1 saturated carbocycles. The largest absolute Gasteiger partial charge is 0.352 e. The van der Waals surface area contributed by atoms with Crippen molar-refractivity contribution in [3.63, 3.8) is 0 Å². The summed E-state index contributed by atoms with van der Waals surface area (Å²) in [5.74, 6) is -0.690. The number of hydrogen-bond donors (Lipinski definition) is 1. The first-order chi connectivity index (χ1) is 19.5. The molecule has 1 aliphatic rings. The fourth-order valence-electron chi connectivity index (χ4n) is 5.02. The lowest BCUT2D eigenvalue weighted by molar-refractivity contribution is -0.139. The molecule has 0 saturated heterocycles. The first kappa shape index (κ1) is 30.8. The summed E-state index contributed by atoms with van der Waals surface area (Å²) in [4.78, 5) is 29.0. The van der Waals surface area contributed by atoms with Crippen LogP contribution in [-0.2, 0) is 26.2 Å². The number of carbonyl (C=O) groups excluding carboxylic acids is 2. The number of rotatable bonds is 10.